The molecule has 0 spiro atoms. The first-order chi connectivity index (χ1) is 12.5. The standard InChI is InChI=1S/C18H25N5O2S/c1-5-13(4)19-17(25)20-15(24)11-26-18-22-21-16(23(18)6-2)14-10-8-7-9-12(14)3/h7-10,13H,5-6,11H2,1-4H3,(H2,19,20,24,25)/t13-/m1/s1. The zero-order valence-electron chi connectivity index (χ0n) is 15.6. The molecule has 0 fully saturated rings. The molecule has 3 amide bonds. The molecule has 1 heterocycles. The molecule has 26 heavy (non-hydrogen) atoms. The van der Waals surface area contributed by atoms with Crippen LogP contribution >= 0.6 is 11.8 Å². The van der Waals surface area contributed by atoms with Crippen molar-refractivity contribution in [3.05, 3.63) is 29.8 Å². The summed E-state index contributed by atoms with van der Waals surface area (Å²) in [5.41, 5.74) is 2.14. The van der Waals surface area contributed by atoms with Gasteiger partial charge in [-0.25, -0.2) is 4.79 Å². The summed E-state index contributed by atoms with van der Waals surface area (Å²) >= 11 is 1.27. The van der Waals surface area contributed by atoms with Gasteiger partial charge in [-0.2, -0.15) is 0 Å². The third kappa shape index (κ3) is 5.08. The third-order valence-corrected chi connectivity index (χ3v) is 4.96. The molecule has 2 rings (SSSR count). The summed E-state index contributed by atoms with van der Waals surface area (Å²) in [6.45, 7) is 8.58. The number of nitrogens with one attached hydrogen (secondary N) is 2. The van der Waals surface area contributed by atoms with E-state index in [1.807, 2.05) is 56.5 Å². The fourth-order valence-corrected chi connectivity index (χ4v) is 3.16. The number of carbonyl (C=O) groups is 2. The Balaban J connectivity index is 2.01. The lowest BCUT2D eigenvalue weighted by Gasteiger charge is -2.12. The van der Waals surface area contributed by atoms with Crippen molar-refractivity contribution in [1.29, 1.82) is 0 Å². The first kappa shape index (κ1) is 20.0. The van der Waals surface area contributed by atoms with Crippen molar-refractivity contribution in [1.82, 2.24) is 25.4 Å². The molecular formula is C18H25N5O2S. The number of hydrogen-bond donors (Lipinski definition) is 2. The monoisotopic (exact) mass is 375 g/mol. The normalized spacial score (nSPS) is 11.8. The number of carbonyl (C=O) groups excluding carboxylic acids is 2. The molecule has 1 atom stereocenters. The second-order valence-corrected chi connectivity index (χ2v) is 6.93. The van der Waals surface area contributed by atoms with E-state index in [-0.39, 0.29) is 17.7 Å². The molecule has 2 aromatic rings. The number of hydrogen-bond acceptors (Lipinski definition) is 5. The number of benzene rings is 1. The van der Waals surface area contributed by atoms with E-state index < -0.39 is 6.03 Å². The number of aromatic nitrogens is 3. The Hall–Kier alpha value is -2.35. The van der Waals surface area contributed by atoms with Crippen molar-refractivity contribution in [3.8, 4) is 11.4 Å². The van der Waals surface area contributed by atoms with Crippen LogP contribution in [0.2, 0.25) is 0 Å². The van der Waals surface area contributed by atoms with Crippen LogP contribution in [0.15, 0.2) is 29.4 Å². The summed E-state index contributed by atoms with van der Waals surface area (Å²) in [6, 6.07) is 7.53. The van der Waals surface area contributed by atoms with Crippen LogP contribution in [0, 0.1) is 6.92 Å². The van der Waals surface area contributed by atoms with Crippen molar-refractivity contribution in [2.24, 2.45) is 0 Å². The van der Waals surface area contributed by atoms with E-state index in [2.05, 4.69) is 20.8 Å². The summed E-state index contributed by atoms with van der Waals surface area (Å²) in [5.74, 6) is 0.515. The Morgan fingerprint density at radius 1 is 1.23 bits per heavy atom. The highest BCUT2D eigenvalue weighted by Crippen LogP contribution is 2.26. The fraction of sp³-hybridized carbons (Fsp3) is 0.444. The Kier molecular flexibility index (Phi) is 7.20. The van der Waals surface area contributed by atoms with Gasteiger partial charge >= 0.3 is 6.03 Å². The molecule has 0 aliphatic rings. The molecule has 0 aliphatic carbocycles. The largest absolute Gasteiger partial charge is 0.335 e. The molecule has 0 saturated heterocycles. The lowest BCUT2D eigenvalue weighted by Crippen LogP contribution is -2.43. The zero-order valence-corrected chi connectivity index (χ0v) is 16.4. The molecule has 0 aliphatic heterocycles. The van der Waals surface area contributed by atoms with Gasteiger partial charge in [-0.3, -0.25) is 10.1 Å². The van der Waals surface area contributed by atoms with Crippen molar-refractivity contribution >= 4 is 23.7 Å². The maximum atomic E-state index is 12.0. The molecule has 2 N–H and O–H groups in total. The maximum Gasteiger partial charge on any atom is 0.321 e. The Morgan fingerprint density at radius 2 is 1.96 bits per heavy atom. The first-order valence-corrected chi connectivity index (χ1v) is 9.67. The molecule has 0 radical (unpaired) electrons. The average molecular weight is 375 g/mol. The Bertz CT molecular complexity index is 775. The molecule has 8 heteroatoms. The first-order valence-electron chi connectivity index (χ1n) is 8.68. The van der Waals surface area contributed by atoms with Crippen LogP contribution in [0.3, 0.4) is 0 Å². The lowest BCUT2D eigenvalue weighted by molar-refractivity contribution is -0.117. The molecule has 1 aromatic heterocycles. The van der Waals surface area contributed by atoms with E-state index in [0.717, 1.165) is 23.4 Å². The predicted octanol–water partition coefficient (Wildman–Crippen LogP) is 2.99. The Morgan fingerprint density at radius 3 is 2.62 bits per heavy atom. The fourth-order valence-electron chi connectivity index (χ4n) is 2.36. The van der Waals surface area contributed by atoms with Gasteiger partial charge in [0, 0.05) is 18.2 Å². The van der Waals surface area contributed by atoms with Crippen LogP contribution < -0.4 is 10.6 Å². The molecule has 0 bridgehead atoms. The summed E-state index contributed by atoms with van der Waals surface area (Å²) in [4.78, 5) is 23.7. The number of rotatable bonds is 7. The second kappa shape index (κ2) is 9.38. The third-order valence-electron chi connectivity index (χ3n) is 3.99. The summed E-state index contributed by atoms with van der Waals surface area (Å²) < 4.78 is 1.97. The molecule has 7 nitrogen and oxygen atoms in total. The van der Waals surface area contributed by atoms with Gasteiger partial charge in [0.05, 0.1) is 5.75 Å². The highest BCUT2D eigenvalue weighted by molar-refractivity contribution is 7.99. The topological polar surface area (TPSA) is 88.9 Å². The van der Waals surface area contributed by atoms with Crippen LogP contribution in [-0.4, -0.2) is 38.5 Å². The van der Waals surface area contributed by atoms with Crippen LogP contribution in [0.1, 0.15) is 32.8 Å². The quantitative estimate of drug-likeness (QED) is 0.726. The van der Waals surface area contributed by atoms with Crippen LogP contribution in [0.25, 0.3) is 11.4 Å². The summed E-state index contributed by atoms with van der Waals surface area (Å²) in [6.07, 6.45) is 0.803. The number of urea groups is 1. The summed E-state index contributed by atoms with van der Waals surface area (Å²) in [7, 11) is 0. The maximum absolute atomic E-state index is 12.0. The van der Waals surface area contributed by atoms with E-state index in [9.17, 15) is 9.59 Å². The Labute approximate surface area is 158 Å². The van der Waals surface area contributed by atoms with E-state index in [0.29, 0.717) is 11.7 Å². The summed E-state index contributed by atoms with van der Waals surface area (Å²) in [5, 5.41) is 14.2. The number of nitrogens with zero attached hydrogens (tertiary/aromatic N) is 3. The molecule has 0 saturated carbocycles. The van der Waals surface area contributed by atoms with Crippen molar-refractivity contribution in [2.75, 3.05) is 5.75 Å². The van der Waals surface area contributed by atoms with Gasteiger partial charge in [0.15, 0.2) is 11.0 Å². The van der Waals surface area contributed by atoms with E-state index >= 15 is 0 Å². The number of aryl methyl sites for hydroxylation is 1. The van der Waals surface area contributed by atoms with Crippen molar-refractivity contribution in [2.45, 2.75) is 51.9 Å². The number of amides is 3. The van der Waals surface area contributed by atoms with Gasteiger partial charge in [-0.05, 0) is 32.8 Å². The molecular weight excluding hydrogens is 350 g/mol. The lowest BCUT2D eigenvalue weighted by atomic mass is 10.1. The van der Waals surface area contributed by atoms with Gasteiger partial charge in [-0.15, -0.1) is 10.2 Å². The molecule has 140 valence electrons. The van der Waals surface area contributed by atoms with Crippen LogP contribution in [0.4, 0.5) is 4.79 Å². The average Bonchev–Trinajstić information content (AvgIpc) is 3.02. The van der Waals surface area contributed by atoms with Gasteiger partial charge in [0.2, 0.25) is 5.91 Å². The van der Waals surface area contributed by atoms with E-state index in [1.165, 1.54) is 11.8 Å². The zero-order chi connectivity index (χ0) is 19.1. The second-order valence-electron chi connectivity index (χ2n) is 5.98. The minimum Gasteiger partial charge on any atom is -0.335 e. The highest BCUT2D eigenvalue weighted by Gasteiger charge is 2.16. The van der Waals surface area contributed by atoms with Gasteiger partial charge in [0.25, 0.3) is 0 Å². The number of imide groups is 1. The minimum absolute atomic E-state index is 0.0234. The van der Waals surface area contributed by atoms with Gasteiger partial charge < -0.3 is 9.88 Å². The van der Waals surface area contributed by atoms with Gasteiger partial charge in [-0.1, -0.05) is 43.0 Å². The number of thioether (sulfide) groups is 1. The smallest absolute Gasteiger partial charge is 0.321 e. The van der Waals surface area contributed by atoms with Crippen molar-refractivity contribution < 1.29 is 9.59 Å². The van der Waals surface area contributed by atoms with Crippen molar-refractivity contribution in [3.63, 3.8) is 0 Å². The SMILES string of the molecule is CC[C@@H](C)NC(=O)NC(=O)CSc1nnc(-c2ccccc2C)n1CC. The molecule has 0 unspecified atom stereocenters. The van der Waals surface area contributed by atoms with Crippen LogP contribution in [0.5, 0.6) is 0 Å². The van der Waals surface area contributed by atoms with E-state index in [1.54, 1.807) is 0 Å². The van der Waals surface area contributed by atoms with Gasteiger partial charge in [0.1, 0.15) is 0 Å². The van der Waals surface area contributed by atoms with E-state index in [4.69, 9.17) is 0 Å². The molecule has 1 aromatic carbocycles. The van der Waals surface area contributed by atoms with Crippen LogP contribution in [-0.2, 0) is 11.3 Å². The highest BCUT2D eigenvalue weighted by atomic mass is 32.2. The minimum atomic E-state index is -0.470. The predicted molar refractivity (Wildman–Crippen MR) is 103 cm³/mol.